The Bertz CT molecular complexity index is 1190. The fraction of sp³-hybridized carbons (Fsp3) is 0.182. The number of tetrazole rings is 1. The molecule has 0 saturated carbocycles. The summed E-state index contributed by atoms with van der Waals surface area (Å²) in [5.41, 5.74) is 0.649. The predicted octanol–water partition coefficient (Wildman–Crippen LogP) is 4.06. The van der Waals surface area contributed by atoms with Gasteiger partial charge >= 0.3 is 0 Å². The number of aromatic nitrogens is 4. The average Bonchev–Trinajstić information content (AvgIpc) is 3.18. The Morgan fingerprint density at radius 2 is 1.97 bits per heavy atom. The number of fused-ring (bicyclic) bond motifs is 1. The van der Waals surface area contributed by atoms with E-state index in [0.29, 0.717) is 24.5 Å². The highest BCUT2D eigenvalue weighted by atomic mass is 19.1. The lowest BCUT2D eigenvalue weighted by Gasteiger charge is -2.10. The lowest BCUT2D eigenvalue weighted by Crippen LogP contribution is -2.13. The number of aryl methyl sites for hydroxylation is 1. The van der Waals surface area contributed by atoms with Crippen molar-refractivity contribution < 1.29 is 13.9 Å². The number of nitrogens with zero attached hydrogens (tertiary/aromatic N) is 4. The Balaban J connectivity index is 1.33. The molecule has 0 aliphatic rings. The molecular weight excluding hydrogens is 385 g/mol. The Hall–Kier alpha value is -3.81. The van der Waals surface area contributed by atoms with Crippen LogP contribution in [0.1, 0.15) is 18.7 Å². The first-order valence-corrected chi connectivity index (χ1v) is 9.57. The van der Waals surface area contributed by atoms with Gasteiger partial charge in [0, 0.05) is 17.5 Å². The molecule has 30 heavy (non-hydrogen) atoms. The summed E-state index contributed by atoms with van der Waals surface area (Å²) in [6.45, 7) is 2.08. The third-order valence-corrected chi connectivity index (χ3v) is 4.64. The molecule has 0 aliphatic heterocycles. The van der Waals surface area contributed by atoms with Crippen molar-refractivity contribution in [3.05, 3.63) is 72.3 Å². The van der Waals surface area contributed by atoms with Gasteiger partial charge in [0.25, 0.3) is 0 Å². The van der Waals surface area contributed by atoms with Crippen LogP contribution in [0.4, 0.5) is 10.1 Å². The van der Waals surface area contributed by atoms with Crippen molar-refractivity contribution in [1.82, 2.24) is 20.2 Å². The monoisotopic (exact) mass is 405 g/mol. The van der Waals surface area contributed by atoms with E-state index >= 15 is 0 Å². The van der Waals surface area contributed by atoms with Gasteiger partial charge in [0.1, 0.15) is 17.3 Å². The smallest absolute Gasteiger partial charge is 0.224 e. The van der Waals surface area contributed by atoms with Crippen LogP contribution in [0.5, 0.6) is 5.75 Å². The maximum atomic E-state index is 14.1. The van der Waals surface area contributed by atoms with E-state index in [0.717, 1.165) is 16.5 Å². The van der Waals surface area contributed by atoms with E-state index < -0.39 is 5.82 Å². The molecule has 0 atom stereocenters. The van der Waals surface area contributed by atoms with Crippen molar-refractivity contribution in [3.8, 4) is 11.4 Å². The topological polar surface area (TPSA) is 81.9 Å². The molecule has 0 unspecified atom stereocenters. The maximum absolute atomic E-state index is 14.1. The van der Waals surface area contributed by atoms with Gasteiger partial charge in [-0.3, -0.25) is 4.79 Å². The largest absolute Gasteiger partial charge is 0.493 e. The normalized spacial score (nSPS) is 10.9. The zero-order valence-electron chi connectivity index (χ0n) is 16.4. The molecule has 3 aromatic carbocycles. The molecule has 1 amide bonds. The van der Waals surface area contributed by atoms with Crippen LogP contribution in [-0.2, 0) is 4.79 Å². The number of halogens is 1. The minimum absolute atomic E-state index is 0.176. The number of carbonyl (C=O) groups is 1. The molecule has 0 fully saturated rings. The van der Waals surface area contributed by atoms with Crippen LogP contribution in [0, 0.1) is 12.7 Å². The highest BCUT2D eigenvalue weighted by Crippen LogP contribution is 2.25. The molecule has 152 valence electrons. The van der Waals surface area contributed by atoms with Gasteiger partial charge in [0.2, 0.25) is 5.91 Å². The van der Waals surface area contributed by atoms with Crippen LogP contribution < -0.4 is 10.1 Å². The van der Waals surface area contributed by atoms with Gasteiger partial charge in [0.15, 0.2) is 5.82 Å². The van der Waals surface area contributed by atoms with Crippen LogP contribution in [0.3, 0.4) is 0 Å². The minimum Gasteiger partial charge on any atom is -0.493 e. The van der Waals surface area contributed by atoms with Crippen LogP contribution in [0.15, 0.2) is 60.7 Å². The molecule has 0 spiro atoms. The molecule has 1 aromatic heterocycles. The van der Waals surface area contributed by atoms with Gasteiger partial charge in [-0.1, -0.05) is 36.4 Å². The Labute approximate surface area is 172 Å². The van der Waals surface area contributed by atoms with E-state index in [2.05, 4.69) is 20.8 Å². The quantitative estimate of drug-likeness (QED) is 0.469. The molecule has 0 bridgehead atoms. The third kappa shape index (κ3) is 4.27. The van der Waals surface area contributed by atoms with E-state index in [1.807, 2.05) is 42.5 Å². The van der Waals surface area contributed by atoms with Crippen molar-refractivity contribution in [2.45, 2.75) is 19.8 Å². The lowest BCUT2D eigenvalue weighted by molar-refractivity contribution is -0.116. The number of carbonyl (C=O) groups excluding carboxylic acids is 1. The molecule has 0 saturated heterocycles. The van der Waals surface area contributed by atoms with Crippen LogP contribution in [0.25, 0.3) is 16.5 Å². The summed E-state index contributed by atoms with van der Waals surface area (Å²) in [5, 5.41) is 16.0. The number of nitrogens with one attached hydrogen (secondary N) is 1. The molecule has 0 aliphatic carbocycles. The summed E-state index contributed by atoms with van der Waals surface area (Å²) >= 11 is 0. The second-order valence-corrected chi connectivity index (χ2v) is 6.78. The first-order valence-electron chi connectivity index (χ1n) is 9.57. The van der Waals surface area contributed by atoms with E-state index in [1.165, 1.54) is 22.9 Å². The van der Waals surface area contributed by atoms with Gasteiger partial charge in [-0.15, -0.1) is 5.10 Å². The highest BCUT2D eigenvalue weighted by molar-refractivity contribution is 5.91. The minimum atomic E-state index is -0.480. The molecule has 4 rings (SSSR count). The van der Waals surface area contributed by atoms with Gasteiger partial charge in [0.05, 0.1) is 6.61 Å². The first kappa shape index (κ1) is 19.5. The zero-order valence-corrected chi connectivity index (χ0v) is 16.4. The van der Waals surface area contributed by atoms with E-state index in [4.69, 9.17) is 4.74 Å². The van der Waals surface area contributed by atoms with Crippen LogP contribution in [-0.4, -0.2) is 32.7 Å². The summed E-state index contributed by atoms with van der Waals surface area (Å²) in [7, 11) is 0. The number of anilines is 1. The Kier molecular flexibility index (Phi) is 5.65. The van der Waals surface area contributed by atoms with Crippen molar-refractivity contribution in [2.75, 3.05) is 11.9 Å². The SMILES string of the molecule is Cc1nnnn1-c1cc(NC(=O)CCCOc2cccc3ccccc23)ccc1F. The summed E-state index contributed by atoms with van der Waals surface area (Å²) in [6, 6.07) is 18.2. The lowest BCUT2D eigenvalue weighted by atomic mass is 10.1. The second-order valence-electron chi connectivity index (χ2n) is 6.78. The van der Waals surface area contributed by atoms with E-state index in [1.54, 1.807) is 6.92 Å². The fourth-order valence-corrected chi connectivity index (χ4v) is 3.17. The highest BCUT2D eigenvalue weighted by Gasteiger charge is 2.12. The summed E-state index contributed by atoms with van der Waals surface area (Å²) in [4.78, 5) is 12.3. The van der Waals surface area contributed by atoms with Crippen molar-refractivity contribution in [2.24, 2.45) is 0 Å². The average molecular weight is 405 g/mol. The first-order chi connectivity index (χ1) is 14.6. The number of amides is 1. The van der Waals surface area contributed by atoms with Crippen molar-refractivity contribution in [1.29, 1.82) is 0 Å². The number of hydrogen-bond acceptors (Lipinski definition) is 5. The Morgan fingerprint density at radius 1 is 1.13 bits per heavy atom. The second kappa shape index (κ2) is 8.69. The third-order valence-electron chi connectivity index (χ3n) is 4.64. The summed E-state index contributed by atoms with van der Waals surface area (Å²) in [5.74, 6) is 0.589. The number of hydrogen-bond donors (Lipinski definition) is 1. The Morgan fingerprint density at radius 3 is 2.80 bits per heavy atom. The number of benzene rings is 3. The zero-order chi connectivity index (χ0) is 20.9. The molecule has 1 heterocycles. The molecule has 4 aromatic rings. The molecule has 7 nitrogen and oxygen atoms in total. The summed E-state index contributed by atoms with van der Waals surface area (Å²) in [6.07, 6.45) is 0.830. The standard InChI is InChI=1S/C22H20FN5O2/c1-15-25-26-27-28(15)20-14-17(11-12-19(20)23)24-22(29)10-5-13-30-21-9-4-7-16-6-2-3-8-18(16)21/h2-4,6-9,11-12,14H,5,10,13H2,1H3,(H,24,29). The molecular formula is C22H20FN5O2. The van der Waals surface area contributed by atoms with Crippen LogP contribution in [0.2, 0.25) is 0 Å². The number of rotatable bonds is 7. The predicted molar refractivity (Wildman–Crippen MR) is 111 cm³/mol. The van der Waals surface area contributed by atoms with Gasteiger partial charge in [-0.2, -0.15) is 4.68 Å². The van der Waals surface area contributed by atoms with E-state index in [9.17, 15) is 9.18 Å². The summed E-state index contributed by atoms with van der Waals surface area (Å²) < 4.78 is 21.3. The molecule has 8 heteroatoms. The van der Waals surface area contributed by atoms with Gasteiger partial charge in [-0.25, -0.2) is 4.39 Å². The molecule has 1 N–H and O–H groups in total. The van der Waals surface area contributed by atoms with Gasteiger partial charge < -0.3 is 10.1 Å². The van der Waals surface area contributed by atoms with Crippen molar-refractivity contribution in [3.63, 3.8) is 0 Å². The van der Waals surface area contributed by atoms with Crippen LogP contribution >= 0.6 is 0 Å². The molecule has 0 radical (unpaired) electrons. The van der Waals surface area contributed by atoms with Gasteiger partial charge in [-0.05, 0) is 53.4 Å². The van der Waals surface area contributed by atoms with Crippen molar-refractivity contribution >= 4 is 22.4 Å². The van der Waals surface area contributed by atoms with E-state index in [-0.39, 0.29) is 18.0 Å². The maximum Gasteiger partial charge on any atom is 0.224 e. The fourth-order valence-electron chi connectivity index (χ4n) is 3.17. The number of ether oxygens (including phenoxy) is 1.